The first-order valence-corrected chi connectivity index (χ1v) is 8.16. The van der Waals surface area contributed by atoms with Gasteiger partial charge in [0.1, 0.15) is 6.54 Å². The molecule has 0 aliphatic carbocycles. The van der Waals surface area contributed by atoms with E-state index in [2.05, 4.69) is 12.1 Å². The number of benzene rings is 1. The predicted molar refractivity (Wildman–Crippen MR) is 90.8 cm³/mol. The van der Waals surface area contributed by atoms with Crippen LogP contribution in [0.1, 0.15) is 18.4 Å². The fourth-order valence-electron chi connectivity index (χ4n) is 3.24. The van der Waals surface area contributed by atoms with Crippen LogP contribution in [0.5, 0.6) is 0 Å². The molecule has 0 radical (unpaired) electrons. The van der Waals surface area contributed by atoms with Crippen LogP contribution in [0.4, 0.5) is 0 Å². The van der Waals surface area contributed by atoms with Crippen molar-refractivity contribution in [1.82, 2.24) is 14.0 Å². The van der Waals surface area contributed by atoms with Gasteiger partial charge < -0.3 is 4.90 Å². The van der Waals surface area contributed by atoms with Crippen LogP contribution in [0.15, 0.2) is 52.2 Å². The third-order valence-electron chi connectivity index (χ3n) is 4.58. The number of aromatic nitrogens is 2. The first kappa shape index (κ1) is 16.2. The molecule has 1 atom stereocenters. The SMILES string of the molecule is Cn1c(=O)ccn(CC(=O)N2CCCC2Cc2ccccc2)c1=O. The molecule has 1 aromatic carbocycles. The molecule has 1 aliphatic heterocycles. The van der Waals surface area contributed by atoms with E-state index in [0.717, 1.165) is 30.4 Å². The summed E-state index contributed by atoms with van der Waals surface area (Å²) >= 11 is 0. The van der Waals surface area contributed by atoms with E-state index in [4.69, 9.17) is 0 Å². The van der Waals surface area contributed by atoms with Crippen molar-refractivity contribution in [2.75, 3.05) is 6.54 Å². The monoisotopic (exact) mass is 327 g/mol. The first-order chi connectivity index (χ1) is 11.6. The van der Waals surface area contributed by atoms with Crippen LogP contribution < -0.4 is 11.2 Å². The quantitative estimate of drug-likeness (QED) is 0.834. The summed E-state index contributed by atoms with van der Waals surface area (Å²) in [5.74, 6) is -0.0748. The number of rotatable bonds is 4. The highest BCUT2D eigenvalue weighted by molar-refractivity contribution is 5.76. The molecule has 0 saturated carbocycles. The maximum Gasteiger partial charge on any atom is 0.331 e. The van der Waals surface area contributed by atoms with Gasteiger partial charge >= 0.3 is 5.69 Å². The molecule has 126 valence electrons. The number of hydrogen-bond acceptors (Lipinski definition) is 3. The molecular formula is C18H21N3O3. The van der Waals surface area contributed by atoms with Crippen molar-refractivity contribution in [2.24, 2.45) is 7.05 Å². The summed E-state index contributed by atoms with van der Waals surface area (Å²) in [5.41, 5.74) is 0.378. The van der Waals surface area contributed by atoms with Gasteiger partial charge in [0.05, 0.1) is 0 Å². The molecule has 0 N–H and O–H groups in total. The maximum atomic E-state index is 12.6. The Balaban J connectivity index is 1.73. The van der Waals surface area contributed by atoms with Gasteiger partial charge in [-0.2, -0.15) is 0 Å². The first-order valence-electron chi connectivity index (χ1n) is 8.16. The van der Waals surface area contributed by atoms with Crippen LogP contribution in [0.25, 0.3) is 0 Å². The average Bonchev–Trinajstić information content (AvgIpc) is 3.04. The van der Waals surface area contributed by atoms with Crippen LogP contribution in [0.3, 0.4) is 0 Å². The Kier molecular flexibility index (Phi) is 4.64. The van der Waals surface area contributed by atoms with Gasteiger partial charge in [0.15, 0.2) is 0 Å². The normalized spacial score (nSPS) is 17.2. The van der Waals surface area contributed by atoms with Gasteiger partial charge in [-0.3, -0.25) is 18.7 Å². The van der Waals surface area contributed by atoms with E-state index in [1.165, 1.54) is 29.4 Å². The second kappa shape index (κ2) is 6.86. The average molecular weight is 327 g/mol. The van der Waals surface area contributed by atoms with E-state index in [0.29, 0.717) is 0 Å². The fraction of sp³-hybridized carbons (Fsp3) is 0.389. The largest absolute Gasteiger partial charge is 0.338 e. The van der Waals surface area contributed by atoms with Crippen LogP contribution in [-0.4, -0.2) is 32.5 Å². The molecular weight excluding hydrogens is 306 g/mol. The van der Waals surface area contributed by atoms with E-state index < -0.39 is 5.69 Å². The molecule has 6 nitrogen and oxygen atoms in total. The van der Waals surface area contributed by atoms with Gasteiger partial charge in [0.2, 0.25) is 5.91 Å². The molecule has 3 rings (SSSR count). The lowest BCUT2D eigenvalue weighted by atomic mass is 10.0. The van der Waals surface area contributed by atoms with E-state index in [1.54, 1.807) is 0 Å². The number of nitrogens with zero attached hydrogens (tertiary/aromatic N) is 3. The Morgan fingerprint density at radius 3 is 2.67 bits per heavy atom. The topological polar surface area (TPSA) is 64.3 Å². The maximum absolute atomic E-state index is 12.6. The molecule has 1 aromatic heterocycles. The third-order valence-corrected chi connectivity index (χ3v) is 4.58. The van der Waals surface area contributed by atoms with Crippen molar-refractivity contribution in [1.29, 1.82) is 0 Å². The van der Waals surface area contributed by atoms with Gasteiger partial charge in [0, 0.05) is 31.9 Å². The van der Waals surface area contributed by atoms with Crippen LogP contribution in [-0.2, 0) is 24.8 Å². The molecule has 24 heavy (non-hydrogen) atoms. The Labute approximate surface area is 140 Å². The smallest absolute Gasteiger partial charge is 0.331 e. The summed E-state index contributed by atoms with van der Waals surface area (Å²) in [6.45, 7) is 0.690. The van der Waals surface area contributed by atoms with Crippen molar-refractivity contribution < 1.29 is 4.79 Å². The lowest BCUT2D eigenvalue weighted by Crippen LogP contribution is -2.43. The van der Waals surface area contributed by atoms with E-state index in [1.807, 2.05) is 23.1 Å². The molecule has 0 bridgehead atoms. The third kappa shape index (κ3) is 3.32. The molecule has 1 amide bonds. The second-order valence-corrected chi connectivity index (χ2v) is 6.20. The zero-order chi connectivity index (χ0) is 17.1. The Bertz CT molecular complexity index is 839. The van der Waals surface area contributed by atoms with Crippen molar-refractivity contribution >= 4 is 5.91 Å². The summed E-state index contributed by atoms with van der Waals surface area (Å²) in [7, 11) is 1.42. The van der Waals surface area contributed by atoms with Gasteiger partial charge in [-0.25, -0.2) is 4.79 Å². The van der Waals surface area contributed by atoms with E-state index in [-0.39, 0.29) is 24.1 Å². The minimum atomic E-state index is -0.463. The highest BCUT2D eigenvalue weighted by Gasteiger charge is 2.28. The summed E-state index contributed by atoms with van der Waals surface area (Å²) in [6.07, 6.45) is 4.17. The van der Waals surface area contributed by atoms with Crippen LogP contribution in [0, 0.1) is 0 Å². The van der Waals surface area contributed by atoms with Gasteiger partial charge in [0.25, 0.3) is 5.56 Å². The zero-order valence-corrected chi connectivity index (χ0v) is 13.7. The van der Waals surface area contributed by atoms with Crippen molar-refractivity contribution in [3.05, 3.63) is 69.0 Å². The number of likely N-dealkylation sites (tertiary alicyclic amines) is 1. The number of amides is 1. The fourth-order valence-corrected chi connectivity index (χ4v) is 3.24. The predicted octanol–water partition coefficient (Wildman–Crippen LogP) is 0.781. The molecule has 0 spiro atoms. The summed E-state index contributed by atoms with van der Waals surface area (Å²) < 4.78 is 2.31. The standard InChI is InChI=1S/C18H21N3O3/c1-19-16(22)9-11-20(18(19)24)13-17(23)21-10-5-8-15(21)12-14-6-3-2-4-7-14/h2-4,6-7,9,11,15H,5,8,10,12-13H2,1H3. The van der Waals surface area contributed by atoms with Gasteiger partial charge in [-0.05, 0) is 24.8 Å². The van der Waals surface area contributed by atoms with Crippen molar-refractivity contribution in [3.8, 4) is 0 Å². The van der Waals surface area contributed by atoms with Gasteiger partial charge in [-0.1, -0.05) is 30.3 Å². The number of hydrogen-bond donors (Lipinski definition) is 0. The summed E-state index contributed by atoms with van der Waals surface area (Å²) in [5, 5.41) is 0. The highest BCUT2D eigenvalue weighted by Crippen LogP contribution is 2.21. The molecule has 1 aliphatic rings. The minimum Gasteiger partial charge on any atom is -0.338 e. The summed E-state index contributed by atoms with van der Waals surface area (Å²) in [4.78, 5) is 38.0. The summed E-state index contributed by atoms with van der Waals surface area (Å²) in [6, 6.07) is 11.6. The zero-order valence-electron chi connectivity index (χ0n) is 13.7. The number of carbonyl (C=O) groups is 1. The van der Waals surface area contributed by atoms with Gasteiger partial charge in [-0.15, -0.1) is 0 Å². The minimum absolute atomic E-state index is 0.0295. The number of carbonyl (C=O) groups excluding carboxylic acids is 1. The molecule has 1 fully saturated rings. The Hall–Kier alpha value is -2.63. The molecule has 2 aromatic rings. The lowest BCUT2D eigenvalue weighted by Gasteiger charge is -2.25. The Morgan fingerprint density at radius 1 is 1.17 bits per heavy atom. The second-order valence-electron chi connectivity index (χ2n) is 6.20. The molecule has 6 heteroatoms. The van der Waals surface area contributed by atoms with Crippen molar-refractivity contribution in [2.45, 2.75) is 31.8 Å². The molecule has 2 heterocycles. The van der Waals surface area contributed by atoms with E-state index in [9.17, 15) is 14.4 Å². The Morgan fingerprint density at radius 2 is 1.92 bits per heavy atom. The highest BCUT2D eigenvalue weighted by atomic mass is 16.2. The van der Waals surface area contributed by atoms with Crippen LogP contribution in [0.2, 0.25) is 0 Å². The van der Waals surface area contributed by atoms with E-state index >= 15 is 0 Å². The lowest BCUT2D eigenvalue weighted by molar-refractivity contribution is -0.132. The van der Waals surface area contributed by atoms with Crippen LogP contribution >= 0.6 is 0 Å². The molecule has 1 saturated heterocycles. The molecule has 1 unspecified atom stereocenters. The van der Waals surface area contributed by atoms with Crippen molar-refractivity contribution in [3.63, 3.8) is 0 Å².